The summed E-state index contributed by atoms with van der Waals surface area (Å²) in [6.45, 7) is 0. The molecule has 8 nitrogen and oxygen atoms in total. The van der Waals surface area contributed by atoms with Crippen LogP contribution in [0.3, 0.4) is 0 Å². The van der Waals surface area contributed by atoms with E-state index in [0.29, 0.717) is 51.0 Å². The zero-order valence-corrected chi connectivity index (χ0v) is 21.1. The average molecular weight is 551 g/mol. The number of aromatic nitrogens is 3. The van der Waals surface area contributed by atoms with Crippen LogP contribution in [0.4, 0.5) is 5.13 Å². The molecule has 0 aliphatic rings. The lowest BCUT2D eigenvalue weighted by Gasteiger charge is -2.09. The van der Waals surface area contributed by atoms with E-state index in [-0.39, 0.29) is 5.91 Å². The fraction of sp³-hybridized carbons (Fsp3) is 0.120. The Morgan fingerprint density at radius 1 is 1.06 bits per heavy atom. The summed E-state index contributed by atoms with van der Waals surface area (Å²) in [5.74, 6) is 1.58. The first-order chi connectivity index (χ1) is 17.0. The Hall–Kier alpha value is -3.76. The number of anilines is 1. The van der Waals surface area contributed by atoms with E-state index in [1.165, 1.54) is 11.3 Å². The molecule has 5 rings (SSSR count). The van der Waals surface area contributed by atoms with Crippen molar-refractivity contribution in [3.8, 4) is 23.0 Å². The number of nitrogens with one attached hydrogen (secondary N) is 1. The summed E-state index contributed by atoms with van der Waals surface area (Å²) < 4.78 is 17.0. The lowest BCUT2D eigenvalue weighted by atomic mass is 10.1. The highest BCUT2D eigenvalue weighted by Gasteiger charge is 2.18. The Morgan fingerprint density at radius 2 is 1.91 bits per heavy atom. The van der Waals surface area contributed by atoms with Crippen LogP contribution in [0.5, 0.6) is 11.5 Å². The first-order valence-corrected chi connectivity index (χ1v) is 12.1. The van der Waals surface area contributed by atoms with Crippen molar-refractivity contribution in [2.45, 2.75) is 6.42 Å². The number of benzene rings is 2. The van der Waals surface area contributed by atoms with Gasteiger partial charge in [0.05, 0.1) is 31.6 Å². The van der Waals surface area contributed by atoms with Gasteiger partial charge in [-0.05, 0) is 54.1 Å². The standard InChI is InChI=1S/C25H19BrN4O4S/c1-32-21-8-5-14(10-22(21)33-2)11-23-29-30-25(35-23)28-24(31)17-13-19(20-4-3-9-34-20)27-18-7-6-15(26)12-16(17)18/h3-10,12-13H,11H2,1-2H3,(H,28,30,31). The van der Waals surface area contributed by atoms with Crippen LogP contribution in [0.25, 0.3) is 22.4 Å². The molecule has 0 atom stereocenters. The average Bonchev–Trinajstić information content (AvgIpc) is 3.56. The molecule has 0 aliphatic carbocycles. The monoisotopic (exact) mass is 550 g/mol. The SMILES string of the molecule is COc1ccc(Cc2nnc(NC(=O)c3cc(-c4ccco4)nc4ccc(Br)cc34)s2)cc1OC. The number of furan rings is 1. The second-order valence-corrected chi connectivity index (χ2v) is 9.49. The number of pyridine rings is 1. The van der Waals surface area contributed by atoms with E-state index in [0.717, 1.165) is 15.0 Å². The molecule has 0 bridgehead atoms. The first-order valence-electron chi connectivity index (χ1n) is 10.5. The van der Waals surface area contributed by atoms with Crippen LogP contribution in [0, 0.1) is 0 Å². The van der Waals surface area contributed by atoms with Crippen molar-refractivity contribution >= 4 is 49.2 Å². The van der Waals surface area contributed by atoms with Gasteiger partial charge < -0.3 is 13.9 Å². The molecule has 0 unspecified atom stereocenters. The number of methoxy groups -OCH3 is 2. The van der Waals surface area contributed by atoms with Crippen LogP contribution in [-0.2, 0) is 6.42 Å². The third-order valence-electron chi connectivity index (χ3n) is 5.28. The maximum absolute atomic E-state index is 13.3. The molecule has 1 amide bonds. The number of amides is 1. The van der Waals surface area contributed by atoms with E-state index in [2.05, 4.69) is 36.4 Å². The first kappa shape index (κ1) is 23.0. The molecular weight excluding hydrogens is 532 g/mol. The molecule has 176 valence electrons. The highest BCUT2D eigenvalue weighted by Crippen LogP contribution is 2.30. The summed E-state index contributed by atoms with van der Waals surface area (Å²) in [4.78, 5) is 18.0. The summed E-state index contributed by atoms with van der Waals surface area (Å²) >= 11 is 4.79. The minimum Gasteiger partial charge on any atom is -0.493 e. The number of carbonyl (C=O) groups excluding carboxylic acids is 1. The van der Waals surface area contributed by atoms with Gasteiger partial charge >= 0.3 is 0 Å². The highest BCUT2D eigenvalue weighted by molar-refractivity contribution is 9.10. The smallest absolute Gasteiger partial charge is 0.258 e. The fourth-order valence-electron chi connectivity index (χ4n) is 3.64. The number of nitrogens with zero attached hydrogens (tertiary/aromatic N) is 3. The Kier molecular flexibility index (Phi) is 6.47. The predicted molar refractivity (Wildman–Crippen MR) is 137 cm³/mol. The number of rotatable bonds is 7. The van der Waals surface area contributed by atoms with Crippen molar-refractivity contribution < 1.29 is 18.7 Å². The van der Waals surface area contributed by atoms with Crippen LogP contribution in [0.2, 0.25) is 0 Å². The van der Waals surface area contributed by atoms with Crippen molar-refractivity contribution in [2.75, 3.05) is 19.5 Å². The van der Waals surface area contributed by atoms with Gasteiger partial charge in [-0.15, -0.1) is 10.2 Å². The van der Waals surface area contributed by atoms with Crippen LogP contribution in [0.1, 0.15) is 20.9 Å². The van der Waals surface area contributed by atoms with Crippen LogP contribution >= 0.6 is 27.3 Å². The van der Waals surface area contributed by atoms with E-state index < -0.39 is 0 Å². The predicted octanol–water partition coefficient (Wildman–Crippen LogP) is 5.97. The second-order valence-electron chi connectivity index (χ2n) is 7.52. The van der Waals surface area contributed by atoms with Crippen LogP contribution in [0.15, 0.2) is 69.8 Å². The summed E-state index contributed by atoms with van der Waals surface area (Å²) in [5.41, 5.74) is 2.70. The molecule has 3 heterocycles. The summed E-state index contributed by atoms with van der Waals surface area (Å²) in [6.07, 6.45) is 2.12. The highest BCUT2D eigenvalue weighted by atomic mass is 79.9. The van der Waals surface area contributed by atoms with Crippen molar-refractivity contribution in [3.63, 3.8) is 0 Å². The molecule has 0 saturated heterocycles. The van der Waals surface area contributed by atoms with Crippen LogP contribution in [-0.4, -0.2) is 35.3 Å². The molecule has 0 spiro atoms. The number of ether oxygens (including phenoxy) is 2. The Balaban J connectivity index is 1.41. The van der Waals surface area contributed by atoms with E-state index in [4.69, 9.17) is 13.9 Å². The van der Waals surface area contributed by atoms with E-state index in [1.54, 1.807) is 38.7 Å². The minimum absolute atomic E-state index is 0.308. The topological polar surface area (TPSA) is 99.4 Å². The number of halogens is 1. The van der Waals surface area contributed by atoms with Gasteiger partial charge in [0.2, 0.25) is 5.13 Å². The van der Waals surface area contributed by atoms with Crippen molar-refractivity contribution in [1.82, 2.24) is 15.2 Å². The molecule has 0 aliphatic heterocycles. The molecule has 0 radical (unpaired) electrons. The molecule has 35 heavy (non-hydrogen) atoms. The van der Waals surface area contributed by atoms with Crippen molar-refractivity contribution in [2.24, 2.45) is 0 Å². The van der Waals surface area contributed by atoms with Crippen LogP contribution < -0.4 is 14.8 Å². The van der Waals surface area contributed by atoms with Gasteiger partial charge in [-0.2, -0.15) is 0 Å². The van der Waals surface area contributed by atoms with Gasteiger partial charge in [0, 0.05) is 16.3 Å². The van der Waals surface area contributed by atoms with Gasteiger partial charge in [-0.25, -0.2) is 4.98 Å². The van der Waals surface area contributed by atoms with Gasteiger partial charge in [-0.1, -0.05) is 33.3 Å². The maximum atomic E-state index is 13.3. The number of hydrogen-bond donors (Lipinski definition) is 1. The van der Waals surface area contributed by atoms with Gasteiger partial charge in [0.1, 0.15) is 10.7 Å². The molecule has 3 aromatic heterocycles. The normalized spacial score (nSPS) is 10.9. The molecule has 0 fully saturated rings. The quantitative estimate of drug-likeness (QED) is 0.266. The van der Waals surface area contributed by atoms with E-state index in [9.17, 15) is 4.79 Å². The van der Waals surface area contributed by atoms with Gasteiger partial charge in [-0.3, -0.25) is 10.1 Å². The zero-order valence-electron chi connectivity index (χ0n) is 18.7. The van der Waals surface area contributed by atoms with E-state index in [1.807, 2.05) is 36.4 Å². The molecule has 10 heteroatoms. The molecule has 5 aromatic rings. The Labute approximate surface area is 213 Å². The molecule has 0 saturated carbocycles. The minimum atomic E-state index is -0.308. The Morgan fingerprint density at radius 3 is 2.69 bits per heavy atom. The lowest BCUT2D eigenvalue weighted by Crippen LogP contribution is -2.13. The Bertz CT molecular complexity index is 1520. The zero-order chi connectivity index (χ0) is 24.4. The van der Waals surface area contributed by atoms with Gasteiger partial charge in [0.15, 0.2) is 17.3 Å². The number of carbonyl (C=O) groups is 1. The molecule has 1 N–H and O–H groups in total. The van der Waals surface area contributed by atoms with E-state index >= 15 is 0 Å². The fourth-order valence-corrected chi connectivity index (χ4v) is 4.77. The third kappa shape index (κ3) is 4.89. The largest absolute Gasteiger partial charge is 0.493 e. The summed E-state index contributed by atoms with van der Waals surface area (Å²) in [6, 6.07) is 16.6. The lowest BCUT2D eigenvalue weighted by molar-refractivity contribution is 0.102. The number of hydrogen-bond acceptors (Lipinski definition) is 8. The second kappa shape index (κ2) is 9.85. The molecular formula is C25H19BrN4O4S. The summed E-state index contributed by atoms with van der Waals surface area (Å²) in [7, 11) is 3.19. The third-order valence-corrected chi connectivity index (χ3v) is 6.61. The molecule has 2 aromatic carbocycles. The van der Waals surface area contributed by atoms with Crippen molar-refractivity contribution in [3.05, 3.63) is 81.5 Å². The number of fused-ring (bicyclic) bond motifs is 1. The van der Waals surface area contributed by atoms with Crippen molar-refractivity contribution in [1.29, 1.82) is 0 Å². The maximum Gasteiger partial charge on any atom is 0.258 e. The summed E-state index contributed by atoms with van der Waals surface area (Å²) in [5, 5.41) is 13.1. The van der Waals surface area contributed by atoms with Gasteiger partial charge in [0.25, 0.3) is 5.91 Å².